The minimum atomic E-state index is -4.47. The zero-order chi connectivity index (χ0) is 55.0. The van der Waals surface area contributed by atoms with E-state index in [4.69, 9.17) is 13.8 Å². The normalized spacial score (nSPS) is 14.3. The Bertz CT molecular complexity index is 1560. The number of nitrogens with one attached hydrogen (secondary N) is 1. The van der Waals surface area contributed by atoms with E-state index in [-0.39, 0.29) is 37.9 Å². The Morgan fingerprint density at radius 1 is 0.480 bits per heavy atom. The van der Waals surface area contributed by atoms with Crippen molar-refractivity contribution in [3.05, 3.63) is 85.1 Å². The third kappa shape index (κ3) is 55.7. The number of amides is 1. The number of rotatable bonds is 55. The Morgan fingerprint density at radius 3 is 1.28 bits per heavy atom. The van der Waals surface area contributed by atoms with Crippen LogP contribution in [0.4, 0.5) is 0 Å². The molecule has 0 aromatic rings. The molecule has 0 bridgehead atoms. The summed E-state index contributed by atoms with van der Waals surface area (Å²) in [6.45, 7) is 6.85. The number of quaternary nitrogens is 1. The number of unbranched alkanes of at least 4 members (excludes halogenated alkanes) is 27. The molecule has 0 heterocycles. The first kappa shape index (κ1) is 72.2. The summed E-state index contributed by atoms with van der Waals surface area (Å²) in [5.74, 6) is -0.598. The highest BCUT2D eigenvalue weighted by molar-refractivity contribution is 7.47. The molecule has 9 nitrogen and oxygen atoms in total. The van der Waals surface area contributed by atoms with Gasteiger partial charge in [-0.05, 0) is 70.3 Å². The van der Waals surface area contributed by atoms with Gasteiger partial charge >= 0.3 is 13.8 Å². The quantitative estimate of drug-likeness (QED) is 0.0205. The Labute approximate surface area is 463 Å². The monoisotopic (exact) mass is 1070 g/mol. The summed E-state index contributed by atoms with van der Waals surface area (Å²) in [5, 5.41) is 3.01. The van der Waals surface area contributed by atoms with Gasteiger partial charge in [0.15, 0.2) is 0 Å². The number of ether oxygens (including phenoxy) is 1. The number of carbonyl (C=O) groups is 2. The average molecular weight is 1070 g/mol. The molecule has 434 valence electrons. The van der Waals surface area contributed by atoms with Gasteiger partial charge in [0.25, 0.3) is 0 Å². The van der Waals surface area contributed by atoms with Crippen LogP contribution in [0.5, 0.6) is 0 Å². The molecule has 0 aliphatic heterocycles. The van der Waals surface area contributed by atoms with Crippen molar-refractivity contribution < 1.29 is 37.3 Å². The summed E-state index contributed by atoms with van der Waals surface area (Å²) in [6.07, 6.45) is 71.7. The van der Waals surface area contributed by atoms with E-state index in [0.29, 0.717) is 17.4 Å². The largest absolute Gasteiger partial charge is 0.472 e. The number of hydrogen-bond donors (Lipinski definition) is 2. The molecular weight excluding hydrogens is 952 g/mol. The van der Waals surface area contributed by atoms with Crippen LogP contribution in [-0.2, 0) is 27.9 Å². The Balaban J connectivity index is 5.41. The first-order valence-electron chi connectivity index (χ1n) is 30.9. The summed E-state index contributed by atoms with van der Waals surface area (Å²) < 4.78 is 30.6. The Kier molecular flexibility index (Phi) is 52.5. The second-order valence-electron chi connectivity index (χ2n) is 21.9. The molecule has 0 aromatic carbocycles. The molecule has 0 spiro atoms. The topological polar surface area (TPSA) is 111 Å². The van der Waals surface area contributed by atoms with Gasteiger partial charge in [0.1, 0.15) is 19.3 Å². The van der Waals surface area contributed by atoms with Gasteiger partial charge in [-0.15, -0.1) is 0 Å². The van der Waals surface area contributed by atoms with Gasteiger partial charge in [-0.1, -0.05) is 267 Å². The third-order valence-electron chi connectivity index (χ3n) is 13.4. The van der Waals surface area contributed by atoms with Crippen LogP contribution in [0.3, 0.4) is 0 Å². The lowest BCUT2D eigenvalue weighted by Crippen LogP contribution is -2.47. The molecule has 2 N–H and O–H groups in total. The molecule has 3 atom stereocenters. The molecule has 75 heavy (non-hydrogen) atoms. The van der Waals surface area contributed by atoms with E-state index >= 15 is 0 Å². The maximum atomic E-state index is 13.5. The van der Waals surface area contributed by atoms with Crippen LogP contribution in [0.25, 0.3) is 0 Å². The molecule has 0 aromatic heterocycles. The summed E-state index contributed by atoms with van der Waals surface area (Å²) in [4.78, 5) is 37.7. The van der Waals surface area contributed by atoms with Crippen LogP contribution >= 0.6 is 7.82 Å². The molecule has 0 radical (unpaired) electrons. The Hall–Kier alpha value is -2.81. The predicted molar refractivity (Wildman–Crippen MR) is 323 cm³/mol. The van der Waals surface area contributed by atoms with Crippen molar-refractivity contribution in [1.29, 1.82) is 0 Å². The second-order valence-corrected chi connectivity index (χ2v) is 23.3. The van der Waals surface area contributed by atoms with Crippen LogP contribution in [-0.4, -0.2) is 74.3 Å². The molecule has 0 fully saturated rings. The predicted octanol–water partition coefficient (Wildman–Crippen LogP) is 19.0. The maximum absolute atomic E-state index is 13.5. The first-order chi connectivity index (χ1) is 36.4. The summed E-state index contributed by atoms with van der Waals surface area (Å²) in [7, 11) is 1.45. The molecular formula is C65H118N2O7P+. The van der Waals surface area contributed by atoms with Gasteiger partial charge < -0.3 is 19.4 Å². The maximum Gasteiger partial charge on any atom is 0.472 e. The van der Waals surface area contributed by atoms with E-state index < -0.39 is 20.0 Å². The van der Waals surface area contributed by atoms with Crippen LogP contribution in [0.2, 0.25) is 0 Å². The number of likely N-dealkylation sites (N-methyl/N-ethyl adjacent to an activating group) is 1. The number of nitrogens with zero attached hydrogens (tertiary/aromatic N) is 1. The second kappa shape index (κ2) is 54.5. The van der Waals surface area contributed by atoms with Crippen LogP contribution < -0.4 is 5.32 Å². The zero-order valence-electron chi connectivity index (χ0n) is 49.5. The SMILES string of the molecule is CC/C=C\C/C=C\C/C=C\C/C=C\C/C=C\C/C=C\CCC(=O)NC(COP(=O)(O)OCC[N+](C)(C)C)C(/C=C/CCCCCCCCCCCCC)OC(=O)CCCCCCCCCCCCCCCCCCC. The molecule has 0 aliphatic carbocycles. The van der Waals surface area contributed by atoms with Gasteiger partial charge in [-0.25, -0.2) is 4.57 Å². The van der Waals surface area contributed by atoms with E-state index in [1.807, 2.05) is 39.4 Å². The standard InChI is InChI=1S/C65H117N2O7P/c1-7-10-13-16-19-22-25-28-30-32-33-35-36-39-42-45-48-51-54-57-64(68)66-62(61-73-75(70,71)72-60-59-67(4,5)6)63(56-53-50-47-44-41-38-27-24-21-18-15-12-9-3)74-65(69)58-55-52-49-46-43-40-37-34-31-29-26-23-20-17-14-11-8-2/h10,13,19,22,28,30,33,35,39,42,48,51,53,56,62-63H,7-9,11-12,14-18,20-21,23-27,29,31-32,34,36-38,40-41,43-47,49-50,52,54-55,57-61H2,1-6H3,(H-,66,68,70,71)/p+1/b13-10-,22-19-,30-28-,35-33-,42-39-,51-48-,56-53+. The molecule has 1 amide bonds. The summed E-state index contributed by atoms with van der Waals surface area (Å²) >= 11 is 0. The fourth-order valence-corrected chi connectivity index (χ4v) is 9.35. The third-order valence-corrected chi connectivity index (χ3v) is 14.3. The van der Waals surface area contributed by atoms with E-state index in [1.54, 1.807) is 0 Å². The van der Waals surface area contributed by atoms with E-state index in [9.17, 15) is 19.0 Å². The van der Waals surface area contributed by atoms with Crippen molar-refractivity contribution in [3.8, 4) is 0 Å². The van der Waals surface area contributed by atoms with Crippen molar-refractivity contribution >= 4 is 19.7 Å². The highest BCUT2D eigenvalue weighted by atomic mass is 31.2. The number of phosphoric ester groups is 1. The van der Waals surface area contributed by atoms with Gasteiger partial charge in [0, 0.05) is 12.8 Å². The average Bonchev–Trinajstić information content (AvgIpc) is 3.37. The van der Waals surface area contributed by atoms with Crippen molar-refractivity contribution in [2.75, 3.05) is 40.9 Å². The number of hydrogen-bond acceptors (Lipinski definition) is 6. The minimum Gasteiger partial charge on any atom is -0.456 e. The van der Waals surface area contributed by atoms with Crippen LogP contribution in [0, 0.1) is 0 Å². The minimum absolute atomic E-state index is 0.0247. The van der Waals surface area contributed by atoms with Crippen molar-refractivity contribution in [3.63, 3.8) is 0 Å². The summed E-state index contributed by atoms with van der Waals surface area (Å²) in [5.41, 5.74) is 0. The Morgan fingerprint density at radius 2 is 0.867 bits per heavy atom. The zero-order valence-corrected chi connectivity index (χ0v) is 50.4. The van der Waals surface area contributed by atoms with E-state index in [2.05, 4.69) is 92.9 Å². The fraction of sp³-hybridized carbons (Fsp3) is 0.754. The van der Waals surface area contributed by atoms with Gasteiger partial charge in [0.05, 0.1) is 33.8 Å². The molecule has 0 aliphatic rings. The van der Waals surface area contributed by atoms with Crippen molar-refractivity contribution in [2.45, 2.75) is 277 Å². The number of allylic oxidation sites excluding steroid dienone is 13. The highest BCUT2D eigenvalue weighted by Crippen LogP contribution is 2.43. The summed E-state index contributed by atoms with van der Waals surface area (Å²) in [6, 6.07) is -0.890. The number of carbonyl (C=O) groups excluding carboxylic acids is 2. The molecule has 0 rings (SSSR count). The van der Waals surface area contributed by atoms with Gasteiger partial charge in [0.2, 0.25) is 5.91 Å². The van der Waals surface area contributed by atoms with Gasteiger partial charge in [-0.2, -0.15) is 0 Å². The van der Waals surface area contributed by atoms with Crippen LogP contribution in [0.1, 0.15) is 265 Å². The van der Waals surface area contributed by atoms with E-state index in [0.717, 1.165) is 77.0 Å². The van der Waals surface area contributed by atoms with Crippen molar-refractivity contribution in [1.82, 2.24) is 5.32 Å². The fourth-order valence-electron chi connectivity index (χ4n) is 8.61. The lowest BCUT2D eigenvalue weighted by molar-refractivity contribution is -0.870. The highest BCUT2D eigenvalue weighted by Gasteiger charge is 2.30. The molecule has 0 saturated carbocycles. The lowest BCUT2D eigenvalue weighted by Gasteiger charge is -2.27. The first-order valence-corrected chi connectivity index (χ1v) is 32.4. The molecule has 0 saturated heterocycles. The van der Waals surface area contributed by atoms with Crippen LogP contribution in [0.15, 0.2) is 85.1 Å². The van der Waals surface area contributed by atoms with E-state index in [1.165, 1.54) is 148 Å². The molecule has 10 heteroatoms. The van der Waals surface area contributed by atoms with Gasteiger partial charge in [-0.3, -0.25) is 18.6 Å². The lowest BCUT2D eigenvalue weighted by atomic mass is 10.0. The number of phosphoric acid groups is 1. The smallest absolute Gasteiger partial charge is 0.456 e. The number of esters is 1. The molecule has 3 unspecified atom stereocenters. The van der Waals surface area contributed by atoms with Crippen molar-refractivity contribution in [2.24, 2.45) is 0 Å².